The van der Waals surface area contributed by atoms with E-state index in [1.54, 1.807) is 13.0 Å². The van der Waals surface area contributed by atoms with Gasteiger partial charge in [0.15, 0.2) is 5.16 Å². The minimum atomic E-state index is -0.182. The van der Waals surface area contributed by atoms with Crippen molar-refractivity contribution in [1.82, 2.24) is 14.9 Å². The van der Waals surface area contributed by atoms with Crippen LogP contribution in [-0.4, -0.2) is 27.7 Å². The molecule has 0 bridgehead atoms. The number of thioether (sulfide) groups is 1. The fourth-order valence-corrected chi connectivity index (χ4v) is 3.15. The van der Waals surface area contributed by atoms with Crippen LogP contribution in [0, 0.1) is 12.7 Å². The van der Waals surface area contributed by atoms with Crippen molar-refractivity contribution >= 4 is 11.8 Å². The summed E-state index contributed by atoms with van der Waals surface area (Å²) >= 11 is 1.45. The van der Waals surface area contributed by atoms with Crippen molar-refractivity contribution in [3.63, 3.8) is 0 Å². The summed E-state index contributed by atoms with van der Waals surface area (Å²) in [6.07, 6.45) is 2.67. The Balaban J connectivity index is 1.79. The Morgan fingerprint density at radius 3 is 3.00 bits per heavy atom. The molecule has 1 aliphatic rings. The first-order chi connectivity index (χ1) is 10.6. The Hall–Kier alpha value is -1.66. The number of nitrogens with zero attached hydrogens (tertiary/aromatic N) is 2. The smallest absolute Gasteiger partial charge is 0.256 e. The highest BCUT2D eigenvalue weighted by Crippen LogP contribution is 2.19. The van der Waals surface area contributed by atoms with E-state index in [9.17, 15) is 9.18 Å². The number of aryl methyl sites for hydroxylation is 1. The molecule has 2 heterocycles. The van der Waals surface area contributed by atoms with Gasteiger partial charge in [0.25, 0.3) is 5.56 Å². The van der Waals surface area contributed by atoms with Crippen molar-refractivity contribution in [1.29, 1.82) is 0 Å². The van der Waals surface area contributed by atoms with E-state index >= 15 is 0 Å². The van der Waals surface area contributed by atoms with E-state index in [1.807, 2.05) is 12.3 Å². The van der Waals surface area contributed by atoms with Crippen LogP contribution in [0.15, 0.2) is 28.2 Å². The lowest BCUT2D eigenvalue weighted by atomic mass is 10.1. The zero-order chi connectivity index (χ0) is 15.7. The molecule has 1 N–H and O–H groups in total. The van der Waals surface area contributed by atoms with Crippen LogP contribution in [-0.2, 0) is 19.5 Å². The zero-order valence-corrected chi connectivity index (χ0v) is 13.5. The highest BCUT2D eigenvalue weighted by atomic mass is 32.2. The third kappa shape index (κ3) is 3.08. The molecule has 2 aromatic rings. The van der Waals surface area contributed by atoms with E-state index < -0.39 is 0 Å². The maximum Gasteiger partial charge on any atom is 0.256 e. The number of halogens is 1. The molecular formula is C16H18FN3OS. The summed E-state index contributed by atoms with van der Waals surface area (Å²) in [7, 11) is 0. The first-order valence-corrected chi connectivity index (χ1v) is 8.42. The molecule has 116 valence electrons. The molecule has 22 heavy (non-hydrogen) atoms. The fraction of sp³-hybridized carbons (Fsp3) is 0.375. The second-order valence-corrected chi connectivity index (χ2v) is 6.34. The maximum absolute atomic E-state index is 13.3. The van der Waals surface area contributed by atoms with Crippen molar-refractivity contribution in [2.24, 2.45) is 0 Å². The normalized spacial score (nSPS) is 14.9. The van der Waals surface area contributed by atoms with Crippen molar-refractivity contribution in [3.8, 4) is 0 Å². The summed E-state index contributed by atoms with van der Waals surface area (Å²) in [6, 6.07) is 5.17. The van der Waals surface area contributed by atoms with Gasteiger partial charge in [0.2, 0.25) is 0 Å². The third-order valence-corrected chi connectivity index (χ3v) is 4.53. The molecule has 0 saturated heterocycles. The molecule has 4 nitrogen and oxygen atoms in total. The molecule has 0 unspecified atom stereocenters. The van der Waals surface area contributed by atoms with Crippen LogP contribution in [0.2, 0.25) is 0 Å². The van der Waals surface area contributed by atoms with Gasteiger partial charge in [-0.15, -0.1) is 0 Å². The number of aromatic amines is 1. The monoisotopic (exact) mass is 319 g/mol. The lowest BCUT2D eigenvalue weighted by Crippen LogP contribution is -2.35. The molecule has 1 aromatic heterocycles. The summed E-state index contributed by atoms with van der Waals surface area (Å²) < 4.78 is 13.3. The summed E-state index contributed by atoms with van der Waals surface area (Å²) in [5.74, 6) is -0.182. The number of rotatable bonds is 3. The van der Waals surface area contributed by atoms with E-state index in [4.69, 9.17) is 0 Å². The number of hydrogen-bond acceptors (Lipinski definition) is 4. The predicted octanol–water partition coefficient (Wildman–Crippen LogP) is 2.50. The van der Waals surface area contributed by atoms with E-state index in [0.29, 0.717) is 23.8 Å². The number of fused-ring (bicyclic) bond motifs is 1. The van der Waals surface area contributed by atoms with Crippen LogP contribution in [0.25, 0.3) is 0 Å². The molecule has 0 saturated carbocycles. The molecule has 0 atom stereocenters. The quantitative estimate of drug-likeness (QED) is 0.697. The van der Waals surface area contributed by atoms with Gasteiger partial charge in [0.1, 0.15) is 5.82 Å². The lowest BCUT2D eigenvalue weighted by Gasteiger charge is -2.27. The molecular weight excluding hydrogens is 301 g/mol. The van der Waals surface area contributed by atoms with Gasteiger partial charge in [-0.1, -0.05) is 23.9 Å². The number of aromatic nitrogens is 2. The minimum Gasteiger partial charge on any atom is -0.301 e. The van der Waals surface area contributed by atoms with E-state index in [2.05, 4.69) is 14.9 Å². The Bertz CT molecular complexity index is 760. The first-order valence-electron chi connectivity index (χ1n) is 7.20. The lowest BCUT2D eigenvalue weighted by molar-refractivity contribution is 0.241. The van der Waals surface area contributed by atoms with Gasteiger partial charge in [0, 0.05) is 26.1 Å². The zero-order valence-electron chi connectivity index (χ0n) is 12.6. The van der Waals surface area contributed by atoms with Gasteiger partial charge in [-0.25, -0.2) is 9.37 Å². The number of nitrogens with one attached hydrogen (secondary N) is 1. The maximum atomic E-state index is 13.3. The highest BCUT2D eigenvalue weighted by Gasteiger charge is 2.21. The van der Waals surface area contributed by atoms with Crippen LogP contribution in [0.1, 0.15) is 22.4 Å². The Morgan fingerprint density at radius 2 is 2.27 bits per heavy atom. The molecule has 1 aliphatic heterocycles. The van der Waals surface area contributed by atoms with Crippen LogP contribution < -0.4 is 5.56 Å². The molecule has 6 heteroatoms. The molecule has 0 fully saturated rings. The van der Waals surface area contributed by atoms with Crippen LogP contribution in [0.4, 0.5) is 4.39 Å². The fourth-order valence-electron chi connectivity index (χ4n) is 2.75. The van der Waals surface area contributed by atoms with Crippen molar-refractivity contribution in [3.05, 3.63) is 56.8 Å². The molecule has 0 spiro atoms. The van der Waals surface area contributed by atoms with Gasteiger partial charge in [-0.3, -0.25) is 9.69 Å². The Labute approximate surface area is 132 Å². The summed E-state index contributed by atoms with van der Waals surface area (Å²) in [5.41, 5.74) is 3.32. The van der Waals surface area contributed by atoms with Gasteiger partial charge in [0.05, 0.1) is 11.3 Å². The second-order valence-electron chi connectivity index (χ2n) is 5.54. The van der Waals surface area contributed by atoms with Crippen LogP contribution in [0.3, 0.4) is 0 Å². The average Bonchev–Trinajstić information content (AvgIpc) is 2.51. The topological polar surface area (TPSA) is 49.0 Å². The molecule has 0 amide bonds. The molecule has 3 rings (SSSR count). The Morgan fingerprint density at radius 1 is 1.45 bits per heavy atom. The minimum absolute atomic E-state index is 0.0469. The van der Waals surface area contributed by atoms with Gasteiger partial charge in [-0.05, 0) is 30.4 Å². The van der Waals surface area contributed by atoms with Crippen molar-refractivity contribution < 1.29 is 4.39 Å². The van der Waals surface area contributed by atoms with Gasteiger partial charge >= 0.3 is 0 Å². The third-order valence-electron chi connectivity index (χ3n) is 3.95. The van der Waals surface area contributed by atoms with E-state index in [0.717, 1.165) is 29.8 Å². The largest absolute Gasteiger partial charge is 0.301 e. The SMILES string of the molecule is CSc1nc2c(c(=O)[nH]1)CN(Cc1ccc(F)c(C)c1)CC2. The first kappa shape index (κ1) is 15.2. The van der Waals surface area contributed by atoms with Crippen LogP contribution >= 0.6 is 11.8 Å². The summed E-state index contributed by atoms with van der Waals surface area (Å²) in [6.45, 7) is 3.92. The number of benzene rings is 1. The van der Waals surface area contributed by atoms with E-state index in [1.165, 1.54) is 17.8 Å². The predicted molar refractivity (Wildman–Crippen MR) is 85.6 cm³/mol. The standard InChI is InChI=1S/C16H18FN3OS/c1-10-7-11(3-4-13(10)17)8-20-6-5-14-12(9-20)15(21)19-16(18-14)22-2/h3-4,7H,5-6,8-9H2,1-2H3,(H,18,19,21). The summed E-state index contributed by atoms with van der Waals surface area (Å²) in [4.78, 5) is 21.7. The molecule has 0 radical (unpaired) electrons. The van der Waals surface area contributed by atoms with E-state index in [-0.39, 0.29) is 11.4 Å². The van der Waals surface area contributed by atoms with Crippen LogP contribution in [0.5, 0.6) is 0 Å². The highest BCUT2D eigenvalue weighted by molar-refractivity contribution is 7.98. The molecule has 0 aliphatic carbocycles. The number of hydrogen-bond donors (Lipinski definition) is 1. The number of H-pyrrole nitrogens is 1. The average molecular weight is 319 g/mol. The van der Waals surface area contributed by atoms with Crippen molar-refractivity contribution in [2.45, 2.75) is 31.6 Å². The Kier molecular flexibility index (Phi) is 4.31. The molecule has 1 aromatic carbocycles. The van der Waals surface area contributed by atoms with Crippen molar-refractivity contribution in [2.75, 3.05) is 12.8 Å². The second kappa shape index (κ2) is 6.22. The summed E-state index contributed by atoms with van der Waals surface area (Å²) in [5, 5.41) is 0.673. The van der Waals surface area contributed by atoms with Gasteiger partial charge in [-0.2, -0.15) is 0 Å². The van der Waals surface area contributed by atoms with Gasteiger partial charge < -0.3 is 4.98 Å².